The Morgan fingerprint density at radius 3 is 2.83 bits per heavy atom. The molecule has 0 unspecified atom stereocenters. The number of benzene rings is 1. The fourth-order valence-electron chi connectivity index (χ4n) is 1.19. The molecule has 5 nitrogen and oxygen atoms in total. The van der Waals surface area contributed by atoms with Crippen LogP contribution in [0, 0.1) is 5.82 Å². The zero-order valence-electron chi connectivity index (χ0n) is 9.02. The first-order chi connectivity index (χ1) is 8.66. The first-order valence-corrected chi connectivity index (χ1v) is 5.32. The molecular formula is C11H8ClFN4O. The molecule has 2 N–H and O–H groups in total. The summed E-state index contributed by atoms with van der Waals surface area (Å²) >= 11 is 5.73. The summed E-state index contributed by atoms with van der Waals surface area (Å²) in [7, 11) is 0. The van der Waals surface area contributed by atoms with Gasteiger partial charge in [0.1, 0.15) is 16.5 Å². The van der Waals surface area contributed by atoms with Gasteiger partial charge in [-0.3, -0.25) is 10.2 Å². The van der Waals surface area contributed by atoms with Crippen LogP contribution in [0.3, 0.4) is 0 Å². The van der Waals surface area contributed by atoms with E-state index in [0.717, 1.165) is 0 Å². The summed E-state index contributed by atoms with van der Waals surface area (Å²) in [4.78, 5) is 11.1. The molecule has 0 aliphatic carbocycles. The molecule has 18 heavy (non-hydrogen) atoms. The molecule has 0 radical (unpaired) electrons. The van der Waals surface area contributed by atoms with Crippen LogP contribution in [0.2, 0.25) is 5.02 Å². The van der Waals surface area contributed by atoms with Crippen LogP contribution in [-0.2, 0) is 0 Å². The predicted molar refractivity (Wildman–Crippen MR) is 67.5 cm³/mol. The van der Waals surface area contributed by atoms with Crippen LogP contribution in [0.4, 0.5) is 10.1 Å². The maximum Gasteiger partial charge on any atom is 0.285 e. The summed E-state index contributed by atoms with van der Waals surface area (Å²) in [5.41, 5.74) is 3.07. The molecule has 0 aliphatic rings. The molecule has 92 valence electrons. The maximum atomic E-state index is 12.6. The van der Waals surface area contributed by atoms with Gasteiger partial charge in [0.05, 0.1) is 12.4 Å². The Morgan fingerprint density at radius 1 is 1.39 bits per heavy atom. The minimum absolute atomic E-state index is 0.0266. The highest BCUT2D eigenvalue weighted by Gasteiger charge is 2.02. The zero-order chi connectivity index (χ0) is 13.0. The van der Waals surface area contributed by atoms with Crippen molar-refractivity contribution in [2.75, 3.05) is 5.43 Å². The van der Waals surface area contributed by atoms with Gasteiger partial charge in [0.25, 0.3) is 5.56 Å². The van der Waals surface area contributed by atoms with Gasteiger partial charge in [-0.05, 0) is 17.7 Å². The van der Waals surface area contributed by atoms with Crippen LogP contribution >= 0.6 is 11.6 Å². The van der Waals surface area contributed by atoms with Gasteiger partial charge >= 0.3 is 0 Å². The summed E-state index contributed by atoms with van der Waals surface area (Å²) in [6.45, 7) is 0. The summed E-state index contributed by atoms with van der Waals surface area (Å²) in [6.07, 6.45) is 2.81. The maximum absolute atomic E-state index is 12.6. The van der Waals surface area contributed by atoms with Gasteiger partial charge in [-0.1, -0.05) is 23.7 Å². The molecule has 0 spiro atoms. The van der Waals surface area contributed by atoms with Gasteiger partial charge in [0.2, 0.25) is 0 Å². The Hall–Kier alpha value is -2.21. The lowest BCUT2D eigenvalue weighted by Crippen LogP contribution is -2.10. The Labute approximate surface area is 106 Å². The Morgan fingerprint density at radius 2 is 2.11 bits per heavy atom. The third-order valence-electron chi connectivity index (χ3n) is 2.06. The highest BCUT2D eigenvalue weighted by atomic mass is 35.5. The van der Waals surface area contributed by atoms with Crippen LogP contribution in [0.25, 0.3) is 0 Å². The molecule has 2 aromatic rings. The highest BCUT2D eigenvalue weighted by Crippen LogP contribution is 2.13. The number of halogens is 2. The Bertz CT molecular complexity index is 624. The van der Waals surface area contributed by atoms with E-state index in [2.05, 4.69) is 20.7 Å². The monoisotopic (exact) mass is 266 g/mol. The average Bonchev–Trinajstić information content (AvgIpc) is 2.37. The van der Waals surface area contributed by atoms with Gasteiger partial charge in [-0.15, -0.1) is 0 Å². The van der Waals surface area contributed by atoms with Crippen molar-refractivity contribution in [3.05, 3.63) is 57.2 Å². The van der Waals surface area contributed by atoms with E-state index in [1.54, 1.807) is 12.1 Å². The smallest absolute Gasteiger partial charge is 0.275 e. The average molecular weight is 267 g/mol. The molecule has 1 aromatic heterocycles. The third-order valence-corrected chi connectivity index (χ3v) is 2.44. The lowest BCUT2D eigenvalue weighted by atomic mass is 10.2. The van der Waals surface area contributed by atoms with Gasteiger partial charge in [0, 0.05) is 0 Å². The van der Waals surface area contributed by atoms with Crippen LogP contribution in [0.5, 0.6) is 0 Å². The van der Waals surface area contributed by atoms with Crippen molar-refractivity contribution < 1.29 is 4.39 Å². The van der Waals surface area contributed by atoms with Crippen LogP contribution < -0.4 is 11.0 Å². The van der Waals surface area contributed by atoms with Crippen LogP contribution in [0.1, 0.15) is 5.56 Å². The summed E-state index contributed by atoms with van der Waals surface area (Å²) in [5.74, 6) is -0.318. The normalized spacial score (nSPS) is 10.8. The SMILES string of the molecule is O=c1[nH]ncc(NN=Cc2ccc(F)cc2)c1Cl. The van der Waals surface area contributed by atoms with Crippen molar-refractivity contribution in [3.8, 4) is 0 Å². The second-order valence-corrected chi connectivity index (χ2v) is 3.73. The predicted octanol–water partition coefficient (Wildman–Crippen LogP) is 2.01. The second-order valence-electron chi connectivity index (χ2n) is 3.35. The second kappa shape index (κ2) is 5.42. The molecule has 0 aliphatic heterocycles. The van der Waals surface area contributed by atoms with Crippen molar-refractivity contribution in [1.29, 1.82) is 0 Å². The Balaban J connectivity index is 2.09. The minimum Gasteiger partial charge on any atom is -0.275 e. The van der Waals surface area contributed by atoms with E-state index in [0.29, 0.717) is 11.3 Å². The molecule has 0 bridgehead atoms. The van der Waals surface area contributed by atoms with E-state index in [1.165, 1.54) is 24.5 Å². The lowest BCUT2D eigenvalue weighted by Gasteiger charge is -2.00. The fourth-order valence-corrected chi connectivity index (χ4v) is 1.32. The number of hydrogen-bond acceptors (Lipinski definition) is 4. The summed E-state index contributed by atoms with van der Waals surface area (Å²) < 4.78 is 12.6. The first kappa shape index (κ1) is 12.3. The van der Waals surface area contributed by atoms with Gasteiger partial charge in [-0.2, -0.15) is 10.2 Å². The number of H-pyrrole nitrogens is 1. The van der Waals surface area contributed by atoms with E-state index in [4.69, 9.17) is 11.6 Å². The molecule has 0 atom stereocenters. The van der Waals surface area contributed by atoms with Crippen molar-refractivity contribution >= 4 is 23.5 Å². The molecule has 7 heteroatoms. The summed E-state index contributed by atoms with van der Waals surface area (Å²) in [5, 5.41) is 9.60. The molecule has 1 heterocycles. The topological polar surface area (TPSA) is 70.1 Å². The number of hydrazone groups is 1. The number of aromatic nitrogens is 2. The number of anilines is 1. The van der Waals surface area contributed by atoms with Crippen molar-refractivity contribution in [2.45, 2.75) is 0 Å². The number of hydrogen-bond donors (Lipinski definition) is 2. The number of nitrogens with one attached hydrogen (secondary N) is 2. The molecule has 0 amide bonds. The van der Waals surface area contributed by atoms with E-state index in [1.807, 2.05) is 0 Å². The zero-order valence-corrected chi connectivity index (χ0v) is 9.78. The third kappa shape index (κ3) is 2.92. The molecule has 0 fully saturated rings. The van der Waals surface area contributed by atoms with E-state index in [9.17, 15) is 9.18 Å². The first-order valence-electron chi connectivity index (χ1n) is 4.94. The number of rotatable bonds is 3. The van der Waals surface area contributed by atoms with Gasteiger partial charge in [0.15, 0.2) is 0 Å². The van der Waals surface area contributed by atoms with E-state index < -0.39 is 5.56 Å². The van der Waals surface area contributed by atoms with Gasteiger partial charge < -0.3 is 0 Å². The number of aromatic amines is 1. The minimum atomic E-state index is -0.501. The van der Waals surface area contributed by atoms with Crippen LogP contribution in [0.15, 0.2) is 40.4 Å². The van der Waals surface area contributed by atoms with Crippen molar-refractivity contribution in [1.82, 2.24) is 10.2 Å². The quantitative estimate of drug-likeness (QED) is 0.659. The van der Waals surface area contributed by atoms with Gasteiger partial charge in [-0.25, -0.2) is 9.49 Å². The van der Waals surface area contributed by atoms with E-state index >= 15 is 0 Å². The molecular weight excluding hydrogens is 259 g/mol. The molecule has 2 rings (SSSR count). The Kier molecular flexibility index (Phi) is 3.69. The standard InChI is InChI=1S/C11H8ClFN4O/c12-10-9(6-15-17-11(10)18)16-14-5-7-1-3-8(13)4-2-7/h1-6H,(H2,16,17,18). The molecule has 0 saturated carbocycles. The van der Waals surface area contributed by atoms with E-state index in [-0.39, 0.29) is 10.8 Å². The number of nitrogens with zero attached hydrogens (tertiary/aromatic N) is 2. The van der Waals surface area contributed by atoms with Crippen molar-refractivity contribution in [3.63, 3.8) is 0 Å². The largest absolute Gasteiger partial charge is 0.285 e. The van der Waals surface area contributed by atoms with Crippen LogP contribution in [-0.4, -0.2) is 16.4 Å². The van der Waals surface area contributed by atoms with Crippen molar-refractivity contribution in [2.24, 2.45) is 5.10 Å². The lowest BCUT2D eigenvalue weighted by molar-refractivity contribution is 0.628. The fraction of sp³-hybridized carbons (Fsp3) is 0. The highest BCUT2D eigenvalue weighted by molar-refractivity contribution is 6.32. The molecule has 0 saturated heterocycles. The summed E-state index contributed by atoms with van der Waals surface area (Å²) in [6, 6.07) is 5.78. The molecule has 1 aromatic carbocycles.